The number of methoxy groups -OCH3 is 1. The Morgan fingerprint density at radius 2 is 1.10 bits per heavy atom. The summed E-state index contributed by atoms with van der Waals surface area (Å²) in [7, 11) is -2.12. The van der Waals surface area contributed by atoms with E-state index < -0.39 is 137 Å². The van der Waals surface area contributed by atoms with Crippen LogP contribution in [0.15, 0.2) is 60.7 Å². The van der Waals surface area contributed by atoms with Gasteiger partial charge in [-0.2, -0.15) is 0 Å². The van der Waals surface area contributed by atoms with Gasteiger partial charge in [-0.25, -0.2) is 0 Å². The molecule has 3 aliphatic rings. The lowest BCUT2D eigenvalue weighted by atomic mass is 9.95. The maximum Gasteiger partial charge on any atom is 0.306 e. The Bertz CT molecular complexity index is 1790. The van der Waals surface area contributed by atoms with Gasteiger partial charge in [-0.05, 0) is 35.2 Å². The third kappa shape index (κ3) is 13.3. The van der Waals surface area contributed by atoms with Crippen LogP contribution in [0.5, 0.6) is 0 Å². The number of unbranched alkanes of at least 4 members (excludes halogenated alkanes) is 2. The van der Waals surface area contributed by atoms with Crippen molar-refractivity contribution in [1.29, 1.82) is 0 Å². The Morgan fingerprint density at radius 3 is 1.58 bits per heavy atom. The number of rotatable bonds is 22. The van der Waals surface area contributed by atoms with Crippen LogP contribution in [0, 0.1) is 0 Å². The fourth-order valence-electron chi connectivity index (χ4n) is 8.56. The number of hydrogen-bond acceptors (Lipinski definition) is 20. The largest absolute Gasteiger partial charge is 0.469 e. The summed E-state index contributed by atoms with van der Waals surface area (Å²) in [6.45, 7) is 5.38. The Hall–Kier alpha value is -3.33. The van der Waals surface area contributed by atoms with Crippen LogP contribution in [0.4, 0.5) is 0 Å². The van der Waals surface area contributed by atoms with Crippen LogP contribution in [0.1, 0.15) is 66.2 Å². The summed E-state index contributed by atoms with van der Waals surface area (Å²) >= 11 is 0. The van der Waals surface area contributed by atoms with Gasteiger partial charge in [-0.15, -0.1) is 0 Å². The number of aliphatic hydroxyl groups is 8. The first-order valence-electron chi connectivity index (χ1n) is 22.6. The Kier molecular flexibility index (Phi) is 20.4. The summed E-state index contributed by atoms with van der Waals surface area (Å²) in [4.78, 5) is 37.7. The first-order chi connectivity index (χ1) is 31.9. The van der Waals surface area contributed by atoms with Crippen LogP contribution in [-0.4, -0.2) is 193 Å². The molecule has 0 bridgehead atoms. The number of ether oxygens (including phenoxy) is 8. The van der Waals surface area contributed by atoms with E-state index >= 15 is 0 Å². The number of carbonyl (C=O) groups excluding carboxylic acids is 3. The second kappa shape index (κ2) is 25.0. The van der Waals surface area contributed by atoms with Crippen molar-refractivity contribution in [2.24, 2.45) is 0 Å². The molecule has 0 saturated carbocycles. The van der Waals surface area contributed by atoms with Gasteiger partial charge in [0.2, 0.25) is 0 Å². The molecule has 5 rings (SSSR count). The number of hydrogen-bond donors (Lipinski definition) is 8. The van der Waals surface area contributed by atoms with E-state index in [-0.39, 0.29) is 31.8 Å². The Balaban J connectivity index is 1.65. The standard InChI is InChI=1S/C46H68O20Si/c1-26(49)20-21-33(51)64-40-31(25-60-67(46(2,3)4,27-15-9-6-10-16-27)28-17-11-7-12-18-28)63-45(59-22-14-8-13-19-32(50)58-5)42(66-44-39(57)37(55)35(53)30(24-48)62-44)41(40)65-43-38(56)36(54)34(52)29(23-47)61-43/h6-7,9-12,15-18,29-31,34-45,47-48,52-57H,8,13-14,19-25H2,1-5H3/t29-,30-,31-,34+,35-,36+,37+,38-,39+,40+,41+,42-,43-,44-,45-/m1/s1. The van der Waals surface area contributed by atoms with Crippen molar-refractivity contribution in [2.75, 3.05) is 33.5 Å². The molecule has 20 nitrogen and oxygen atoms in total. The number of benzene rings is 2. The maximum atomic E-state index is 13.8. The van der Waals surface area contributed by atoms with Crippen molar-refractivity contribution in [1.82, 2.24) is 0 Å². The highest BCUT2D eigenvalue weighted by Gasteiger charge is 2.58. The predicted molar refractivity (Wildman–Crippen MR) is 236 cm³/mol. The van der Waals surface area contributed by atoms with Gasteiger partial charge in [0.05, 0.1) is 33.4 Å². The number of Topliss-reactive ketones (excluding diaryl/α,β-unsaturated/α-hetero) is 1. The van der Waals surface area contributed by atoms with E-state index in [4.69, 9.17) is 42.3 Å². The molecule has 3 aliphatic heterocycles. The quantitative estimate of drug-likeness (QED) is 0.0386. The zero-order valence-electron chi connectivity index (χ0n) is 38.5. The molecular weight excluding hydrogens is 901 g/mol. The Morgan fingerprint density at radius 1 is 0.597 bits per heavy atom. The maximum absolute atomic E-state index is 13.8. The average Bonchev–Trinajstić information content (AvgIpc) is 3.31. The van der Waals surface area contributed by atoms with E-state index in [2.05, 4.69) is 0 Å². The molecule has 3 heterocycles. The van der Waals surface area contributed by atoms with Gasteiger partial charge in [0.25, 0.3) is 8.32 Å². The van der Waals surface area contributed by atoms with Crippen molar-refractivity contribution in [2.45, 2.75) is 163 Å². The van der Waals surface area contributed by atoms with Crippen LogP contribution >= 0.6 is 0 Å². The average molecular weight is 969 g/mol. The van der Waals surface area contributed by atoms with Gasteiger partial charge >= 0.3 is 11.9 Å². The highest BCUT2D eigenvalue weighted by Crippen LogP contribution is 2.40. The summed E-state index contributed by atoms with van der Waals surface area (Å²) in [5.41, 5.74) is 0. The molecule has 376 valence electrons. The molecule has 0 amide bonds. The molecule has 2 aromatic rings. The SMILES string of the molecule is COC(=O)CCCCCO[C@@H]1O[C@H](CO[Si](c2ccccc2)(c2ccccc2)C(C)(C)C)[C@H](OC(=O)CCC(C)=O)[C@H](O[C@H]2O[C@H](CO)[C@H](O)[C@H](O)[C@H]2O)[C@H]1O[C@H]1O[C@H](CO)[C@@H](O)[C@H](O)[C@@H]1O. The molecule has 15 atom stereocenters. The fraction of sp³-hybridized carbons (Fsp3) is 0.674. The van der Waals surface area contributed by atoms with E-state index in [0.29, 0.717) is 19.3 Å². The molecule has 3 saturated heterocycles. The molecule has 8 N–H and O–H groups in total. The number of carbonyl (C=O) groups is 3. The van der Waals surface area contributed by atoms with E-state index in [9.17, 15) is 55.2 Å². The van der Waals surface area contributed by atoms with Crippen molar-refractivity contribution in [3.63, 3.8) is 0 Å². The van der Waals surface area contributed by atoms with E-state index in [0.717, 1.165) is 10.4 Å². The van der Waals surface area contributed by atoms with Crippen molar-refractivity contribution < 1.29 is 97.6 Å². The summed E-state index contributed by atoms with van der Waals surface area (Å²) in [6, 6.07) is 19.2. The van der Waals surface area contributed by atoms with Crippen molar-refractivity contribution in [3.05, 3.63) is 60.7 Å². The van der Waals surface area contributed by atoms with Gasteiger partial charge in [0, 0.05) is 19.4 Å². The van der Waals surface area contributed by atoms with E-state index in [1.807, 2.05) is 81.4 Å². The number of aliphatic hydroxyl groups excluding tert-OH is 8. The second-order valence-electron chi connectivity index (χ2n) is 18.0. The topological polar surface area (TPSA) is 296 Å². The minimum Gasteiger partial charge on any atom is -0.469 e. The monoisotopic (exact) mass is 968 g/mol. The third-order valence-corrected chi connectivity index (χ3v) is 17.2. The van der Waals surface area contributed by atoms with E-state index in [1.54, 1.807) is 0 Å². The lowest BCUT2D eigenvalue weighted by Crippen LogP contribution is -2.70. The molecule has 2 aromatic carbocycles. The minimum atomic E-state index is -3.40. The van der Waals surface area contributed by atoms with Gasteiger partial charge in [-0.1, -0.05) is 87.9 Å². The number of ketones is 1. The molecule has 0 aromatic heterocycles. The summed E-state index contributed by atoms with van der Waals surface area (Å²) in [5.74, 6) is -1.62. The van der Waals surface area contributed by atoms with Crippen LogP contribution in [0.25, 0.3) is 0 Å². The van der Waals surface area contributed by atoms with Crippen LogP contribution in [0.2, 0.25) is 5.04 Å². The van der Waals surface area contributed by atoms with Crippen molar-refractivity contribution in [3.8, 4) is 0 Å². The summed E-state index contributed by atoms with van der Waals surface area (Å²) < 4.78 is 55.6. The third-order valence-electron chi connectivity index (χ3n) is 12.2. The zero-order valence-corrected chi connectivity index (χ0v) is 39.5. The van der Waals surface area contributed by atoms with Gasteiger partial charge in [-0.3, -0.25) is 9.59 Å². The lowest BCUT2D eigenvalue weighted by Gasteiger charge is -2.50. The van der Waals surface area contributed by atoms with Crippen molar-refractivity contribution >= 4 is 36.4 Å². The van der Waals surface area contributed by atoms with Gasteiger partial charge in [0.1, 0.15) is 72.9 Å². The molecule has 3 fully saturated rings. The second-order valence-corrected chi connectivity index (χ2v) is 22.3. The highest BCUT2D eigenvalue weighted by molar-refractivity contribution is 6.99. The van der Waals surface area contributed by atoms with Gasteiger partial charge in [0.15, 0.2) is 25.0 Å². The molecule has 0 radical (unpaired) electrons. The predicted octanol–water partition coefficient (Wildman–Crippen LogP) is -1.31. The van der Waals surface area contributed by atoms with Crippen LogP contribution in [0.3, 0.4) is 0 Å². The number of esters is 2. The summed E-state index contributed by atoms with van der Waals surface area (Å²) in [5, 5.41) is 86.8. The molecule has 0 spiro atoms. The van der Waals surface area contributed by atoms with Gasteiger partial charge < -0.3 is 88.0 Å². The van der Waals surface area contributed by atoms with Crippen LogP contribution < -0.4 is 10.4 Å². The molecule has 0 aliphatic carbocycles. The minimum absolute atomic E-state index is 0.0570. The molecule has 0 unspecified atom stereocenters. The highest BCUT2D eigenvalue weighted by atomic mass is 28.4. The molecular formula is C46H68O20Si. The molecule has 67 heavy (non-hydrogen) atoms. The zero-order chi connectivity index (χ0) is 49.1. The molecule has 21 heteroatoms. The smallest absolute Gasteiger partial charge is 0.306 e. The lowest BCUT2D eigenvalue weighted by molar-refractivity contribution is -0.392. The first kappa shape index (κ1) is 54.6. The summed E-state index contributed by atoms with van der Waals surface area (Å²) in [6.07, 6.45) is -25.2. The first-order valence-corrected chi connectivity index (χ1v) is 24.5. The Labute approximate surface area is 390 Å². The van der Waals surface area contributed by atoms with E-state index in [1.165, 1.54) is 14.0 Å². The normalized spacial score (nSPS) is 32.6. The van der Waals surface area contributed by atoms with Crippen LogP contribution in [-0.2, 0) is 56.7 Å². The fourth-order valence-corrected chi connectivity index (χ4v) is 13.1.